The third-order valence-electron chi connectivity index (χ3n) is 4.46. The molecule has 4 N–H and O–H groups in total. The summed E-state index contributed by atoms with van der Waals surface area (Å²) in [6, 6.07) is 0. The van der Waals surface area contributed by atoms with Crippen LogP contribution in [-0.4, -0.2) is 81.1 Å². The van der Waals surface area contributed by atoms with E-state index in [4.69, 9.17) is 14.5 Å². The molecule has 0 radical (unpaired) electrons. The molecule has 0 bridgehead atoms. The average molecular weight is 393 g/mol. The highest BCUT2D eigenvalue weighted by Gasteiger charge is 2.49. The molecule has 2 aliphatic rings. The Morgan fingerprint density at radius 3 is 2.54 bits per heavy atom. The van der Waals surface area contributed by atoms with Gasteiger partial charge in [-0.1, -0.05) is 0 Å². The first-order valence-corrected chi connectivity index (χ1v) is 9.33. The topological polar surface area (TPSA) is 149 Å². The zero-order chi connectivity index (χ0) is 19.4. The predicted octanol–water partition coefficient (Wildman–Crippen LogP) is -2.48. The number of rotatable bonds is 4. The third kappa shape index (κ3) is 3.25. The van der Waals surface area contributed by atoms with Crippen LogP contribution in [0.2, 0.25) is 0 Å². The minimum Gasteiger partial charge on any atom is -0.387 e. The van der Waals surface area contributed by atoms with E-state index in [9.17, 15) is 19.6 Å². The Kier molecular flexibility index (Phi) is 4.86. The molecule has 1 saturated heterocycles. The number of imidazole rings is 1. The number of hydrogen-bond acceptors (Lipinski definition) is 7. The van der Waals surface area contributed by atoms with Gasteiger partial charge in [-0.2, -0.15) is 0 Å². The van der Waals surface area contributed by atoms with Crippen molar-refractivity contribution in [1.82, 2.24) is 9.47 Å². The minimum atomic E-state index is -4.74. The molecule has 0 aromatic carbocycles. The van der Waals surface area contributed by atoms with Crippen LogP contribution in [0.25, 0.3) is 0 Å². The molecule has 0 unspecified atom stereocenters. The molecule has 2 aliphatic heterocycles. The van der Waals surface area contributed by atoms with Gasteiger partial charge in [0.25, 0.3) is 11.7 Å². The van der Waals surface area contributed by atoms with Crippen molar-refractivity contribution in [2.75, 3.05) is 32.3 Å². The number of ether oxygens (including phenoxy) is 1. The van der Waals surface area contributed by atoms with E-state index in [0.29, 0.717) is 18.2 Å². The number of nitrogens with zero attached hydrogens (tertiary/aromatic N) is 4. The number of aliphatic hydroxyl groups is 2. The van der Waals surface area contributed by atoms with Crippen molar-refractivity contribution in [2.24, 2.45) is 7.05 Å². The Morgan fingerprint density at radius 2 is 1.92 bits per heavy atom. The summed E-state index contributed by atoms with van der Waals surface area (Å²) in [7, 11) is 0.369. The number of carbonyl (C=O) groups excluding carboxylic acids is 1. The quantitative estimate of drug-likeness (QED) is 0.322. The van der Waals surface area contributed by atoms with Gasteiger partial charge in [0.1, 0.15) is 25.0 Å². The van der Waals surface area contributed by atoms with E-state index in [2.05, 4.69) is 4.52 Å². The van der Waals surface area contributed by atoms with Crippen molar-refractivity contribution in [3.63, 3.8) is 0 Å². The van der Waals surface area contributed by atoms with Crippen molar-refractivity contribution in [3.8, 4) is 0 Å². The number of aryl methyl sites for hydroxylation is 1. The van der Waals surface area contributed by atoms with E-state index in [1.807, 2.05) is 0 Å². The fourth-order valence-corrected chi connectivity index (χ4v) is 3.63. The molecule has 1 amide bonds. The maximum absolute atomic E-state index is 12.4. The highest BCUT2D eigenvalue weighted by molar-refractivity contribution is 7.46. The van der Waals surface area contributed by atoms with Crippen molar-refractivity contribution in [2.45, 2.75) is 24.5 Å². The van der Waals surface area contributed by atoms with Crippen molar-refractivity contribution >= 4 is 19.5 Å². The maximum atomic E-state index is 12.4. The van der Waals surface area contributed by atoms with Crippen LogP contribution in [0.3, 0.4) is 0 Å². The summed E-state index contributed by atoms with van der Waals surface area (Å²) in [5.41, 5.74) is 0.390. The van der Waals surface area contributed by atoms with Crippen LogP contribution in [0.1, 0.15) is 16.7 Å². The van der Waals surface area contributed by atoms with Crippen LogP contribution in [0.4, 0.5) is 5.82 Å². The number of aromatic nitrogens is 2. The summed E-state index contributed by atoms with van der Waals surface area (Å²) in [6.07, 6.45) is -3.42. The number of carbonyl (C=O) groups is 1. The Morgan fingerprint density at radius 1 is 1.27 bits per heavy atom. The molecule has 0 spiro atoms. The fraction of sp³-hybridized carbons (Fsp3) is 0.692. The summed E-state index contributed by atoms with van der Waals surface area (Å²) in [5.74, 6) is 0.303. The van der Waals surface area contributed by atoms with Gasteiger partial charge in [-0.3, -0.25) is 18.8 Å². The standard InChI is InChI=1S/C13H21N4O8P/c1-14-6-17(11-8(14)12(20)16(3)5-15(11)2)13-10(19)9(18)7(25-13)4-24-26(21,22)23/h6-7,9-10,13,18-19H,4-5H2,1-3H3,(H-,21,22,23)/p+1/t7-,9-,10-,13-/m1/s1. The van der Waals surface area contributed by atoms with E-state index in [1.165, 1.54) is 9.47 Å². The zero-order valence-electron chi connectivity index (χ0n) is 14.5. The highest BCUT2D eigenvalue weighted by Crippen LogP contribution is 2.38. The van der Waals surface area contributed by atoms with Gasteiger partial charge in [-0.05, 0) is 0 Å². The number of phosphoric acid groups is 1. The lowest BCUT2D eigenvalue weighted by Crippen LogP contribution is -2.52. The highest BCUT2D eigenvalue weighted by atomic mass is 31.2. The van der Waals surface area contributed by atoms with Gasteiger partial charge in [0.2, 0.25) is 11.9 Å². The number of fused-ring (bicyclic) bond motifs is 1. The van der Waals surface area contributed by atoms with Crippen molar-refractivity contribution < 1.29 is 43.2 Å². The molecule has 26 heavy (non-hydrogen) atoms. The molecule has 1 fully saturated rings. The van der Waals surface area contributed by atoms with E-state index < -0.39 is 39.0 Å². The van der Waals surface area contributed by atoms with Crippen molar-refractivity contribution in [3.05, 3.63) is 12.0 Å². The molecule has 4 atom stereocenters. The van der Waals surface area contributed by atoms with Gasteiger partial charge < -0.3 is 29.6 Å². The Bertz CT molecular complexity index is 764. The van der Waals surface area contributed by atoms with Gasteiger partial charge in [-0.15, -0.1) is 0 Å². The van der Waals surface area contributed by atoms with E-state index in [1.54, 1.807) is 36.9 Å². The normalized spacial score (nSPS) is 29.4. The summed E-state index contributed by atoms with van der Waals surface area (Å²) < 4.78 is 23.9. The van der Waals surface area contributed by atoms with E-state index in [-0.39, 0.29) is 5.91 Å². The number of aliphatic hydroxyl groups excluding tert-OH is 2. The van der Waals surface area contributed by atoms with Crippen LogP contribution >= 0.6 is 7.82 Å². The van der Waals surface area contributed by atoms with Gasteiger partial charge in [0.15, 0.2) is 6.33 Å². The SMILES string of the molecule is CN1CN(C)c2c(n(C)c[n+]2[C@@H]2O[C@H](COP(=O)(O)O)[C@@H](O)[C@H]2O)C1=O. The second kappa shape index (κ2) is 6.57. The molecule has 0 saturated carbocycles. The van der Waals surface area contributed by atoms with Gasteiger partial charge in [-0.25, -0.2) is 9.13 Å². The summed E-state index contributed by atoms with van der Waals surface area (Å²) in [6.45, 7) is -0.266. The molecule has 3 heterocycles. The second-order valence-electron chi connectivity index (χ2n) is 6.48. The van der Waals surface area contributed by atoms with Crippen LogP contribution in [0.15, 0.2) is 6.33 Å². The predicted molar refractivity (Wildman–Crippen MR) is 84.9 cm³/mol. The molecular weight excluding hydrogens is 371 g/mol. The Labute approximate surface area is 149 Å². The smallest absolute Gasteiger partial charge is 0.387 e. The van der Waals surface area contributed by atoms with Crippen LogP contribution in [-0.2, 0) is 20.9 Å². The molecule has 0 aliphatic carbocycles. The minimum absolute atomic E-state index is 0.200. The summed E-state index contributed by atoms with van der Waals surface area (Å²) in [5, 5.41) is 20.5. The molecule has 1 aromatic rings. The monoisotopic (exact) mass is 393 g/mol. The first-order valence-electron chi connectivity index (χ1n) is 7.80. The van der Waals surface area contributed by atoms with Gasteiger partial charge in [0.05, 0.1) is 20.7 Å². The summed E-state index contributed by atoms with van der Waals surface area (Å²) >= 11 is 0. The molecular formula is C13H22N4O8P+. The van der Waals surface area contributed by atoms with Gasteiger partial charge in [0, 0.05) is 7.05 Å². The molecule has 12 nitrogen and oxygen atoms in total. The van der Waals surface area contributed by atoms with Crippen LogP contribution in [0.5, 0.6) is 0 Å². The number of hydrogen-bond donors (Lipinski definition) is 4. The largest absolute Gasteiger partial charge is 0.469 e. The molecule has 146 valence electrons. The average Bonchev–Trinajstić information content (AvgIpc) is 3.01. The first kappa shape index (κ1) is 19.2. The molecule has 3 rings (SSSR count). The number of anilines is 1. The maximum Gasteiger partial charge on any atom is 0.469 e. The van der Waals surface area contributed by atoms with Gasteiger partial charge >= 0.3 is 7.82 Å². The van der Waals surface area contributed by atoms with Crippen LogP contribution in [0, 0.1) is 0 Å². The van der Waals surface area contributed by atoms with Crippen LogP contribution < -0.4 is 9.47 Å². The lowest BCUT2D eigenvalue weighted by molar-refractivity contribution is -0.755. The summed E-state index contributed by atoms with van der Waals surface area (Å²) in [4.78, 5) is 33.4. The zero-order valence-corrected chi connectivity index (χ0v) is 15.4. The second-order valence-corrected chi connectivity index (χ2v) is 7.72. The first-order chi connectivity index (χ1) is 12.0. The fourth-order valence-electron chi connectivity index (χ4n) is 3.29. The number of phosphoric ester groups is 1. The van der Waals surface area contributed by atoms with Crippen molar-refractivity contribution in [1.29, 1.82) is 0 Å². The number of amides is 1. The molecule has 13 heteroatoms. The van der Waals surface area contributed by atoms with E-state index in [0.717, 1.165) is 0 Å². The van der Waals surface area contributed by atoms with E-state index >= 15 is 0 Å². The Hall–Kier alpha value is -1.53. The lowest BCUT2D eigenvalue weighted by atomic mass is 10.1. The third-order valence-corrected chi connectivity index (χ3v) is 4.95. The Balaban J connectivity index is 1.91. The lowest BCUT2D eigenvalue weighted by Gasteiger charge is -2.28. The molecule has 1 aromatic heterocycles.